The van der Waals surface area contributed by atoms with Gasteiger partial charge in [-0.3, -0.25) is 9.59 Å². The molecule has 0 saturated carbocycles. The van der Waals surface area contributed by atoms with Crippen LogP contribution in [0.3, 0.4) is 0 Å². The van der Waals surface area contributed by atoms with Crippen molar-refractivity contribution in [1.82, 2.24) is 25.1 Å². The minimum absolute atomic E-state index is 0.103. The smallest absolute Gasteiger partial charge is 0.276 e. The molecule has 9 nitrogen and oxygen atoms in total. The molecule has 3 heterocycles. The van der Waals surface area contributed by atoms with E-state index >= 15 is 0 Å². The molecule has 0 spiro atoms. The molecule has 1 fully saturated rings. The summed E-state index contributed by atoms with van der Waals surface area (Å²) in [6.45, 7) is 7.10. The molecule has 30 heavy (non-hydrogen) atoms. The second-order valence-electron chi connectivity index (χ2n) is 7.40. The predicted molar refractivity (Wildman–Crippen MR) is 115 cm³/mol. The molecule has 4 rings (SSSR count). The first-order valence-corrected chi connectivity index (χ1v) is 9.95. The number of rotatable bonds is 4. The maximum absolute atomic E-state index is 13.0. The highest BCUT2D eigenvalue weighted by atomic mass is 16.2. The SMILES string of the molecule is Cc1ccc(NC(=O)c2nc[nH]c2C(=O)N2CCN(C3=CNCC=N3)CC2)c(C)c1. The average molecular weight is 407 g/mol. The van der Waals surface area contributed by atoms with Gasteiger partial charge in [-0.2, -0.15) is 0 Å². The summed E-state index contributed by atoms with van der Waals surface area (Å²) in [6, 6.07) is 5.78. The summed E-state index contributed by atoms with van der Waals surface area (Å²) in [5.41, 5.74) is 3.09. The van der Waals surface area contributed by atoms with Crippen molar-refractivity contribution in [3.05, 3.63) is 59.1 Å². The van der Waals surface area contributed by atoms with Gasteiger partial charge in [-0.05, 0) is 25.5 Å². The monoisotopic (exact) mass is 407 g/mol. The van der Waals surface area contributed by atoms with Gasteiger partial charge in [0.15, 0.2) is 5.69 Å². The summed E-state index contributed by atoms with van der Waals surface area (Å²) in [6.07, 6.45) is 5.10. The van der Waals surface area contributed by atoms with Gasteiger partial charge in [0.1, 0.15) is 11.5 Å². The van der Waals surface area contributed by atoms with E-state index in [2.05, 4.69) is 30.5 Å². The number of piperazine rings is 1. The summed E-state index contributed by atoms with van der Waals surface area (Å²) in [5, 5.41) is 6.00. The minimum Gasteiger partial charge on any atom is -0.383 e. The zero-order valence-corrected chi connectivity index (χ0v) is 17.1. The normalized spacial score (nSPS) is 16.1. The molecule has 1 aromatic carbocycles. The molecule has 0 aliphatic carbocycles. The fraction of sp³-hybridized carbons (Fsp3) is 0.333. The third-order valence-corrected chi connectivity index (χ3v) is 5.25. The zero-order chi connectivity index (χ0) is 21.1. The van der Waals surface area contributed by atoms with Crippen LogP contribution in [0.25, 0.3) is 0 Å². The number of H-pyrrole nitrogens is 1. The van der Waals surface area contributed by atoms with Gasteiger partial charge in [0.25, 0.3) is 11.8 Å². The Morgan fingerprint density at radius 1 is 1.13 bits per heavy atom. The van der Waals surface area contributed by atoms with E-state index in [0.29, 0.717) is 31.9 Å². The van der Waals surface area contributed by atoms with E-state index < -0.39 is 5.91 Å². The van der Waals surface area contributed by atoms with E-state index in [1.165, 1.54) is 6.33 Å². The van der Waals surface area contributed by atoms with E-state index in [9.17, 15) is 9.59 Å². The molecule has 1 saturated heterocycles. The highest BCUT2D eigenvalue weighted by Gasteiger charge is 2.28. The van der Waals surface area contributed by atoms with Crippen LogP contribution in [0.4, 0.5) is 5.69 Å². The molecular weight excluding hydrogens is 382 g/mol. The molecule has 0 atom stereocenters. The van der Waals surface area contributed by atoms with E-state index in [1.54, 1.807) is 4.90 Å². The number of anilines is 1. The molecule has 156 valence electrons. The lowest BCUT2D eigenvalue weighted by Crippen LogP contribution is -2.48. The van der Waals surface area contributed by atoms with Crippen LogP contribution in [0.5, 0.6) is 0 Å². The van der Waals surface area contributed by atoms with Gasteiger partial charge < -0.3 is 25.4 Å². The minimum atomic E-state index is -0.405. The molecule has 9 heteroatoms. The molecule has 2 aliphatic rings. The number of amides is 2. The number of aryl methyl sites for hydroxylation is 2. The fourth-order valence-corrected chi connectivity index (χ4v) is 3.61. The van der Waals surface area contributed by atoms with Gasteiger partial charge in [-0.15, -0.1) is 0 Å². The Bertz CT molecular complexity index is 1020. The maximum Gasteiger partial charge on any atom is 0.276 e. The third-order valence-electron chi connectivity index (χ3n) is 5.25. The van der Waals surface area contributed by atoms with Crippen molar-refractivity contribution < 1.29 is 9.59 Å². The molecule has 1 aromatic heterocycles. The molecule has 0 bridgehead atoms. The van der Waals surface area contributed by atoms with Crippen molar-refractivity contribution in [3.8, 4) is 0 Å². The lowest BCUT2D eigenvalue weighted by molar-refractivity contribution is 0.0659. The molecule has 3 N–H and O–H groups in total. The number of imidazole rings is 1. The first-order valence-electron chi connectivity index (χ1n) is 9.95. The van der Waals surface area contributed by atoms with Crippen LogP contribution >= 0.6 is 0 Å². The number of carbonyl (C=O) groups excluding carboxylic acids is 2. The second kappa shape index (κ2) is 8.40. The van der Waals surface area contributed by atoms with Crippen molar-refractivity contribution in [2.75, 3.05) is 38.0 Å². The van der Waals surface area contributed by atoms with Crippen molar-refractivity contribution >= 4 is 23.7 Å². The van der Waals surface area contributed by atoms with E-state index in [0.717, 1.165) is 23.5 Å². The number of benzene rings is 1. The summed E-state index contributed by atoms with van der Waals surface area (Å²) in [5.74, 6) is 0.249. The van der Waals surface area contributed by atoms with Crippen molar-refractivity contribution in [2.45, 2.75) is 13.8 Å². The predicted octanol–water partition coefficient (Wildman–Crippen LogP) is 1.51. The van der Waals surface area contributed by atoms with Crippen LogP contribution in [0, 0.1) is 13.8 Å². The molecular formula is C21H25N7O2. The third kappa shape index (κ3) is 4.05. The Hall–Kier alpha value is -3.62. The van der Waals surface area contributed by atoms with Gasteiger partial charge in [0.2, 0.25) is 0 Å². The number of aromatic amines is 1. The largest absolute Gasteiger partial charge is 0.383 e. The van der Waals surface area contributed by atoms with Crippen LogP contribution in [-0.2, 0) is 0 Å². The van der Waals surface area contributed by atoms with Gasteiger partial charge >= 0.3 is 0 Å². The number of hydrogen-bond acceptors (Lipinski definition) is 6. The number of aliphatic imine (C=N–C) groups is 1. The number of carbonyl (C=O) groups is 2. The Labute approximate surface area is 174 Å². The molecule has 0 radical (unpaired) electrons. The first kappa shape index (κ1) is 19.7. The summed E-state index contributed by atoms with van der Waals surface area (Å²) >= 11 is 0. The fourth-order valence-electron chi connectivity index (χ4n) is 3.61. The molecule has 2 amide bonds. The average Bonchev–Trinajstić information content (AvgIpc) is 3.26. The summed E-state index contributed by atoms with van der Waals surface area (Å²) in [7, 11) is 0. The molecule has 2 aliphatic heterocycles. The highest BCUT2D eigenvalue weighted by Crippen LogP contribution is 2.19. The molecule has 2 aromatic rings. The van der Waals surface area contributed by atoms with Gasteiger partial charge in [0, 0.05) is 50.8 Å². The van der Waals surface area contributed by atoms with Crippen LogP contribution in [-0.4, -0.2) is 70.5 Å². The zero-order valence-electron chi connectivity index (χ0n) is 17.1. The van der Waals surface area contributed by atoms with Crippen molar-refractivity contribution in [1.29, 1.82) is 0 Å². The summed E-state index contributed by atoms with van der Waals surface area (Å²) < 4.78 is 0. The first-order chi connectivity index (χ1) is 14.5. The number of nitrogens with zero attached hydrogens (tertiary/aromatic N) is 4. The summed E-state index contributed by atoms with van der Waals surface area (Å²) in [4.78, 5) is 41.0. The lowest BCUT2D eigenvalue weighted by atomic mass is 10.1. The topological polar surface area (TPSA) is 106 Å². The quantitative estimate of drug-likeness (QED) is 0.712. The van der Waals surface area contributed by atoms with E-state index in [4.69, 9.17) is 0 Å². The number of hydrogen-bond donors (Lipinski definition) is 3. The van der Waals surface area contributed by atoms with E-state index in [-0.39, 0.29) is 17.3 Å². The van der Waals surface area contributed by atoms with Crippen LogP contribution in [0.15, 0.2) is 41.5 Å². The van der Waals surface area contributed by atoms with Gasteiger partial charge in [0.05, 0.1) is 6.33 Å². The Kier molecular flexibility index (Phi) is 5.51. The van der Waals surface area contributed by atoms with Gasteiger partial charge in [-0.1, -0.05) is 17.7 Å². The van der Waals surface area contributed by atoms with Gasteiger partial charge in [-0.25, -0.2) is 9.98 Å². The Morgan fingerprint density at radius 2 is 1.93 bits per heavy atom. The lowest BCUT2D eigenvalue weighted by Gasteiger charge is -2.36. The van der Waals surface area contributed by atoms with E-state index in [1.807, 2.05) is 44.5 Å². The number of aromatic nitrogens is 2. The highest BCUT2D eigenvalue weighted by molar-refractivity contribution is 6.10. The Balaban J connectivity index is 1.42. The maximum atomic E-state index is 13.0. The van der Waals surface area contributed by atoms with Crippen LogP contribution in [0.2, 0.25) is 0 Å². The molecule has 0 unspecified atom stereocenters. The van der Waals surface area contributed by atoms with Crippen molar-refractivity contribution in [3.63, 3.8) is 0 Å². The van der Waals surface area contributed by atoms with Crippen molar-refractivity contribution in [2.24, 2.45) is 4.99 Å². The van der Waals surface area contributed by atoms with Crippen LogP contribution in [0.1, 0.15) is 32.1 Å². The Morgan fingerprint density at radius 3 is 2.63 bits per heavy atom. The second-order valence-corrected chi connectivity index (χ2v) is 7.40. The standard InChI is InChI=1S/C21H25N7O2/c1-14-3-4-16(15(2)11-14)26-20(29)18-19(25-13-24-18)21(30)28-9-7-27(8-10-28)17-12-22-5-6-23-17/h3-4,6,11-13,22H,5,7-10H2,1-2H3,(H,24,25)(H,26,29). The number of nitrogens with one attached hydrogen (secondary N) is 3. The van der Waals surface area contributed by atoms with Crippen LogP contribution < -0.4 is 10.6 Å².